The summed E-state index contributed by atoms with van der Waals surface area (Å²) < 4.78 is 74.1. The van der Waals surface area contributed by atoms with E-state index in [0.717, 1.165) is 6.92 Å². The Balaban J connectivity index is 3.05. The summed E-state index contributed by atoms with van der Waals surface area (Å²) in [7, 11) is 0. The monoisotopic (exact) mass is 306 g/mol. The number of carbonyl (C=O) groups is 3. The summed E-state index contributed by atoms with van der Waals surface area (Å²) in [4.78, 5) is 33.9. The van der Waals surface area contributed by atoms with E-state index >= 15 is 0 Å². The Hall–Kier alpha value is -1.81. The van der Waals surface area contributed by atoms with Crippen LogP contribution in [0.5, 0.6) is 0 Å². The maximum absolute atomic E-state index is 12.3. The van der Waals surface area contributed by atoms with Crippen molar-refractivity contribution in [2.45, 2.75) is 19.3 Å². The third-order valence-electron chi connectivity index (χ3n) is 2.56. The molecule has 1 aliphatic heterocycles. The first-order valence-electron chi connectivity index (χ1n) is 5.14. The van der Waals surface area contributed by atoms with E-state index in [9.17, 15) is 40.7 Å². The van der Waals surface area contributed by atoms with Crippen LogP contribution in [0.2, 0.25) is 0 Å². The van der Waals surface area contributed by atoms with Crippen molar-refractivity contribution in [2.24, 2.45) is 5.92 Å². The van der Waals surface area contributed by atoms with Crippen LogP contribution in [0.3, 0.4) is 0 Å². The van der Waals surface area contributed by atoms with Gasteiger partial charge < -0.3 is 0 Å². The first kappa shape index (κ1) is 16.2. The molecule has 5 nitrogen and oxygen atoms in total. The first-order valence-corrected chi connectivity index (χ1v) is 5.14. The van der Waals surface area contributed by atoms with Gasteiger partial charge >= 0.3 is 18.4 Å². The zero-order valence-electron chi connectivity index (χ0n) is 9.88. The molecule has 11 heteroatoms. The number of halogens is 6. The number of urea groups is 1. The van der Waals surface area contributed by atoms with E-state index in [4.69, 9.17) is 0 Å². The van der Waals surface area contributed by atoms with E-state index in [2.05, 4.69) is 0 Å². The van der Waals surface area contributed by atoms with E-state index in [1.807, 2.05) is 0 Å². The molecule has 1 heterocycles. The van der Waals surface area contributed by atoms with E-state index in [-0.39, 0.29) is 4.90 Å². The summed E-state index contributed by atoms with van der Waals surface area (Å²) in [6, 6.07) is -1.49. The molecule has 0 aromatic carbocycles. The second-order valence-electron chi connectivity index (χ2n) is 3.96. The highest BCUT2D eigenvalue weighted by molar-refractivity contribution is 6.04. The highest BCUT2D eigenvalue weighted by atomic mass is 19.4. The van der Waals surface area contributed by atoms with E-state index in [1.54, 1.807) is 0 Å². The fourth-order valence-corrected chi connectivity index (χ4v) is 1.66. The first-order chi connectivity index (χ1) is 8.87. The number of amides is 4. The average Bonchev–Trinajstić information content (AvgIpc) is 2.54. The zero-order chi connectivity index (χ0) is 15.9. The van der Waals surface area contributed by atoms with Crippen LogP contribution in [-0.2, 0) is 9.59 Å². The van der Waals surface area contributed by atoms with Gasteiger partial charge in [0, 0.05) is 20.0 Å². The van der Waals surface area contributed by atoms with Gasteiger partial charge in [0.2, 0.25) is 11.8 Å². The minimum absolute atomic E-state index is 0.215. The minimum Gasteiger partial charge on any atom is -0.275 e. The summed E-state index contributed by atoms with van der Waals surface area (Å²) in [6.07, 6.45) is -11.8. The molecular formula is C9H8F6N2O3. The highest BCUT2D eigenvalue weighted by Gasteiger charge is 2.63. The fraction of sp³-hybridized carbons (Fsp3) is 0.667. The third-order valence-corrected chi connectivity index (χ3v) is 2.56. The molecule has 114 valence electrons. The molecule has 0 atom stereocenters. The Morgan fingerprint density at radius 2 is 1.40 bits per heavy atom. The van der Waals surface area contributed by atoms with Gasteiger partial charge in [0.15, 0.2) is 0 Å². The molecule has 4 amide bonds. The van der Waals surface area contributed by atoms with Crippen LogP contribution in [0, 0.1) is 5.92 Å². The number of alkyl halides is 6. The Morgan fingerprint density at radius 3 is 1.70 bits per heavy atom. The molecule has 1 rings (SSSR count). The van der Waals surface area contributed by atoms with Crippen molar-refractivity contribution in [2.75, 3.05) is 13.1 Å². The lowest BCUT2D eigenvalue weighted by molar-refractivity contribution is -0.276. The van der Waals surface area contributed by atoms with Gasteiger partial charge in [-0.25, -0.2) is 4.79 Å². The van der Waals surface area contributed by atoms with Gasteiger partial charge in [-0.3, -0.25) is 19.4 Å². The van der Waals surface area contributed by atoms with E-state index in [0.29, 0.717) is 4.90 Å². The molecule has 20 heavy (non-hydrogen) atoms. The maximum atomic E-state index is 12.3. The Kier molecular flexibility index (Phi) is 4.02. The van der Waals surface area contributed by atoms with Gasteiger partial charge in [-0.15, -0.1) is 0 Å². The minimum atomic E-state index is -5.88. The van der Waals surface area contributed by atoms with Gasteiger partial charge in [-0.05, 0) is 0 Å². The summed E-state index contributed by atoms with van der Waals surface area (Å²) in [6.45, 7) is -0.251. The molecule has 0 aromatic rings. The largest absolute Gasteiger partial charge is 0.409 e. The van der Waals surface area contributed by atoms with E-state index < -0.39 is 49.2 Å². The molecule has 0 spiro atoms. The van der Waals surface area contributed by atoms with Gasteiger partial charge in [-0.1, -0.05) is 0 Å². The molecule has 0 aliphatic carbocycles. The molecule has 1 fully saturated rings. The molecule has 0 unspecified atom stereocenters. The topological polar surface area (TPSA) is 57.7 Å². The smallest absolute Gasteiger partial charge is 0.275 e. The number of imide groups is 2. The van der Waals surface area contributed by atoms with Crippen molar-refractivity contribution < 1.29 is 40.7 Å². The highest BCUT2D eigenvalue weighted by Crippen LogP contribution is 2.40. The molecule has 0 bridgehead atoms. The van der Waals surface area contributed by atoms with Crippen LogP contribution in [0.4, 0.5) is 31.1 Å². The van der Waals surface area contributed by atoms with Crippen molar-refractivity contribution in [3.05, 3.63) is 0 Å². The SMILES string of the molecule is CC(=O)N1CCN(C(=O)C(C(F)(F)F)C(F)(F)F)C1=O. The summed E-state index contributed by atoms with van der Waals surface area (Å²) in [5.41, 5.74) is 0. The second-order valence-corrected chi connectivity index (χ2v) is 3.96. The third kappa shape index (κ3) is 3.02. The zero-order valence-corrected chi connectivity index (χ0v) is 9.88. The quantitative estimate of drug-likeness (QED) is 0.691. The summed E-state index contributed by atoms with van der Waals surface area (Å²) >= 11 is 0. The van der Waals surface area contributed by atoms with Crippen molar-refractivity contribution in [1.82, 2.24) is 9.80 Å². The van der Waals surface area contributed by atoms with E-state index in [1.165, 1.54) is 0 Å². The summed E-state index contributed by atoms with van der Waals surface area (Å²) in [5.74, 6) is -7.59. The lowest BCUT2D eigenvalue weighted by Crippen LogP contribution is -2.50. The standard InChI is InChI=1S/C9H8F6N2O3/c1-4(18)16-2-3-17(7(16)20)6(19)5(8(10,11)12)9(13,14)15/h5H,2-3H2,1H3. The van der Waals surface area contributed by atoms with Crippen molar-refractivity contribution in [3.8, 4) is 0 Å². The van der Waals surface area contributed by atoms with Gasteiger partial charge in [0.25, 0.3) is 5.91 Å². The van der Waals surface area contributed by atoms with Crippen molar-refractivity contribution >= 4 is 17.8 Å². The van der Waals surface area contributed by atoms with Crippen LogP contribution in [-0.4, -0.2) is 53.1 Å². The maximum Gasteiger partial charge on any atom is 0.409 e. The van der Waals surface area contributed by atoms with Crippen LogP contribution in [0.25, 0.3) is 0 Å². The number of hydrogen-bond acceptors (Lipinski definition) is 3. The van der Waals surface area contributed by atoms with Gasteiger partial charge in [0.1, 0.15) is 0 Å². The van der Waals surface area contributed by atoms with Gasteiger partial charge in [-0.2, -0.15) is 26.3 Å². The molecule has 1 saturated heterocycles. The Morgan fingerprint density at radius 1 is 1.00 bits per heavy atom. The van der Waals surface area contributed by atoms with Crippen LogP contribution < -0.4 is 0 Å². The number of hydrogen-bond donors (Lipinski definition) is 0. The summed E-state index contributed by atoms with van der Waals surface area (Å²) in [5, 5.41) is 0. The molecular weight excluding hydrogens is 298 g/mol. The molecule has 1 aliphatic rings. The second kappa shape index (κ2) is 4.94. The number of carbonyl (C=O) groups excluding carboxylic acids is 3. The normalized spacial score (nSPS) is 17.1. The molecule has 0 radical (unpaired) electrons. The van der Waals surface area contributed by atoms with Crippen molar-refractivity contribution in [1.29, 1.82) is 0 Å². The lowest BCUT2D eigenvalue weighted by Gasteiger charge is -2.25. The Bertz CT molecular complexity index is 430. The lowest BCUT2D eigenvalue weighted by atomic mass is 10.1. The van der Waals surface area contributed by atoms with Crippen molar-refractivity contribution in [3.63, 3.8) is 0 Å². The van der Waals surface area contributed by atoms with Crippen LogP contribution in [0.15, 0.2) is 0 Å². The number of nitrogens with zero attached hydrogens (tertiary/aromatic N) is 2. The predicted octanol–water partition coefficient (Wildman–Crippen LogP) is 1.54. The molecule has 0 saturated carbocycles. The molecule has 0 N–H and O–H groups in total. The van der Waals surface area contributed by atoms with Crippen LogP contribution in [0.1, 0.15) is 6.92 Å². The predicted molar refractivity (Wildman–Crippen MR) is 50.1 cm³/mol. The average molecular weight is 306 g/mol. The number of rotatable bonds is 1. The Labute approximate surface area is 108 Å². The molecule has 0 aromatic heterocycles. The van der Waals surface area contributed by atoms with Crippen LogP contribution >= 0.6 is 0 Å². The fourth-order valence-electron chi connectivity index (χ4n) is 1.66. The van der Waals surface area contributed by atoms with Gasteiger partial charge in [0.05, 0.1) is 0 Å².